The Morgan fingerprint density at radius 1 is 1.67 bits per heavy atom. The van der Waals surface area contributed by atoms with Gasteiger partial charge in [-0.05, 0) is 12.2 Å². The summed E-state index contributed by atoms with van der Waals surface area (Å²) in [5.41, 5.74) is 0. The fourth-order valence-corrected chi connectivity index (χ4v) is 1.56. The van der Waals surface area contributed by atoms with Gasteiger partial charge in [0, 0.05) is 6.92 Å². The molecule has 0 amide bonds. The van der Waals surface area contributed by atoms with E-state index in [9.17, 15) is 4.79 Å². The van der Waals surface area contributed by atoms with Crippen LogP contribution in [0.3, 0.4) is 0 Å². The molecule has 18 heavy (non-hydrogen) atoms. The predicted molar refractivity (Wildman–Crippen MR) is 71.9 cm³/mol. The molecule has 0 unspecified atom stereocenters. The van der Waals surface area contributed by atoms with E-state index in [2.05, 4.69) is 16.6 Å². The van der Waals surface area contributed by atoms with Crippen LogP contribution >= 0.6 is 12.2 Å². The number of ether oxygens (including phenoxy) is 2. The Labute approximate surface area is 112 Å². The van der Waals surface area contributed by atoms with Gasteiger partial charge in [0.1, 0.15) is 12.7 Å². The highest BCUT2D eigenvalue weighted by atomic mass is 32.1. The van der Waals surface area contributed by atoms with Crippen molar-refractivity contribution in [1.82, 2.24) is 10.6 Å². The van der Waals surface area contributed by atoms with Gasteiger partial charge in [-0.1, -0.05) is 18.1 Å². The molecule has 0 radical (unpaired) electrons. The molecule has 0 fully saturated rings. The van der Waals surface area contributed by atoms with Gasteiger partial charge in [-0.25, -0.2) is 0 Å². The normalized spacial score (nSPS) is 21.8. The maximum atomic E-state index is 10.6. The average molecular weight is 268 g/mol. The first-order chi connectivity index (χ1) is 8.61. The van der Waals surface area contributed by atoms with E-state index in [0.29, 0.717) is 18.3 Å². The van der Waals surface area contributed by atoms with Gasteiger partial charge in [0.2, 0.25) is 0 Å². The Morgan fingerprint density at radius 2 is 2.44 bits per heavy atom. The molecular weight excluding hydrogens is 252 g/mol. The van der Waals surface area contributed by atoms with Crippen LogP contribution in [0.2, 0.25) is 0 Å². The predicted octanol–water partition coefficient (Wildman–Crippen LogP) is -0.0296. The lowest BCUT2D eigenvalue weighted by molar-refractivity contribution is -0.144. The molecule has 98 valence electrons. The topological polar surface area (TPSA) is 59.6 Å². The highest BCUT2D eigenvalue weighted by Gasteiger charge is 2.17. The maximum Gasteiger partial charge on any atom is 0.302 e. The van der Waals surface area contributed by atoms with Crippen LogP contribution in [0.4, 0.5) is 0 Å². The van der Waals surface area contributed by atoms with Gasteiger partial charge in [-0.3, -0.25) is 4.79 Å². The van der Waals surface area contributed by atoms with Crippen LogP contribution in [-0.2, 0) is 14.3 Å². The van der Waals surface area contributed by atoms with Crippen LogP contribution < -0.4 is 10.6 Å². The summed E-state index contributed by atoms with van der Waals surface area (Å²) in [4.78, 5) is 10.6. The second-order valence-corrected chi connectivity index (χ2v) is 4.11. The molecule has 5 nitrogen and oxygen atoms in total. The number of rotatable bonds is 4. The van der Waals surface area contributed by atoms with Gasteiger partial charge >= 0.3 is 5.97 Å². The van der Waals surface area contributed by atoms with Crippen LogP contribution in [0.1, 0.15) is 6.92 Å². The van der Waals surface area contributed by atoms with E-state index in [1.807, 2.05) is 12.2 Å². The third-order valence-electron chi connectivity index (χ3n) is 2.17. The van der Waals surface area contributed by atoms with Crippen molar-refractivity contribution in [2.75, 3.05) is 19.8 Å². The Balaban J connectivity index is 2.28. The third-order valence-corrected chi connectivity index (χ3v) is 2.43. The van der Waals surface area contributed by atoms with Crippen LogP contribution in [0.25, 0.3) is 0 Å². The molecule has 0 aromatic carbocycles. The largest absolute Gasteiger partial charge is 0.463 e. The van der Waals surface area contributed by atoms with Crippen molar-refractivity contribution < 1.29 is 14.3 Å². The minimum atomic E-state index is -0.313. The van der Waals surface area contributed by atoms with E-state index in [4.69, 9.17) is 28.1 Å². The average Bonchev–Trinajstić information content (AvgIpc) is 2.35. The first-order valence-corrected chi connectivity index (χ1v) is 5.93. The van der Waals surface area contributed by atoms with Gasteiger partial charge in [-0.15, -0.1) is 6.42 Å². The molecule has 0 aromatic heterocycles. The molecule has 6 heteroatoms. The molecule has 1 rings (SSSR count). The lowest BCUT2D eigenvalue weighted by atomic mass is 10.2. The number of carbonyl (C=O) groups is 1. The lowest BCUT2D eigenvalue weighted by Gasteiger charge is -2.25. The Morgan fingerprint density at radius 3 is 3.00 bits per heavy atom. The molecular formula is C12H16N2O3S. The summed E-state index contributed by atoms with van der Waals surface area (Å²) in [6.07, 6.45) is 8.68. The standard InChI is InChI=1S/C12H16N2O3S/c1-3-6-13-12(18)14-10-4-5-11(17-7-10)8-16-9(2)15/h1,4-5,10-11H,6-8H2,2H3,(H2,13,14,18)/t10-,11-/m1/s1. The molecule has 0 saturated heterocycles. The number of carbonyl (C=O) groups excluding carboxylic acids is 1. The van der Waals surface area contributed by atoms with Gasteiger partial charge in [0.25, 0.3) is 0 Å². The van der Waals surface area contributed by atoms with Crippen molar-refractivity contribution in [3.8, 4) is 12.3 Å². The first kappa shape index (κ1) is 14.5. The lowest BCUT2D eigenvalue weighted by Crippen LogP contribution is -2.45. The summed E-state index contributed by atoms with van der Waals surface area (Å²) < 4.78 is 10.3. The zero-order valence-corrected chi connectivity index (χ0v) is 11.0. The monoisotopic (exact) mass is 268 g/mol. The first-order valence-electron chi connectivity index (χ1n) is 5.53. The molecule has 0 bridgehead atoms. The molecule has 2 N–H and O–H groups in total. The van der Waals surface area contributed by atoms with E-state index in [1.54, 1.807) is 0 Å². The highest BCUT2D eigenvalue weighted by molar-refractivity contribution is 7.80. The highest BCUT2D eigenvalue weighted by Crippen LogP contribution is 2.06. The SMILES string of the molecule is C#CCNC(=S)N[C@@H]1C=C[C@H](COC(C)=O)OC1. The summed E-state index contributed by atoms with van der Waals surface area (Å²) >= 11 is 5.04. The van der Waals surface area contributed by atoms with Crippen molar-refractivity contribution in [2.45, 2.75) is 19.1 Å². The maximum absolute atomic E-state index is 10.6. The Hall–Kier alpha value is -1.58. The molecule has 0 aliphatic carbocycles. The van der Waals surface area contributed by atoms with E-state index < -0.39 is 0 Å². The minimum absolute atomic E-state index is 0.00338. The number of thiocarbonyl (C=S) groups is 1. The number of terminal acetylenes is 1. The molecule has 1 heterocycles. The van der Waals surface area contributed by atoms with E-state index in [-0.39, 0.29) is 24.7 Å². The van der Waals surface area contributed by atoms with Gasteiger partial charge in [-0.2, -0.15) is 0 Å². The smallest absolute Gasteiger partial charge is 0.302 e. The Bertz CT molecular complexity index is 376. The quantitative estimate of drug-likeness (QED) is 0.323. The molecule has 0 spiro atoms. The van der Waals surface area contributed by atoms with Crippen molar-refractivity contribution in [2.24, 2.45) is 0 Å². The van der Waals surface area contributed by atoms with Crippen molar-refractivity contribution in [1.29, 1.82) is 0 Å². The van der Waals surface area contributed by atoms with E-state index >= 15 is 0 Å². The Kier molecular flexibility index (Phi) is 6.19. The fourth-order valence-electron chi connectivity index (χ4n) is 1.34. The number of nitrogens with one attached hydrogen (secondary N) is 2. The summed E-state index contributed by atoms with van der Waals surface area (Å²) in [7, 11) is 0. The zero-order valence-electron chi connectivity index (χ0n) is 10.1. The van der Waals surface area contributed by atoms with Crippen LogP contribution in [0, 0.1) is 12.3 Å². The van der Waals surface area contributed by atoms with Crippen LogP contribution in [0.15, 0.2) is 12.2 Å². The summed E-state index contributed by atoms with van der Waals surface area (Å²) in [5.74, 6) is 2.12. The number of esters is 1. The van der Waals surface area contributed by atoms with Crippen molar-refractivity contribution in [3.05, 3.63) is 12.2 Å². The summed E-state index contributed by atoms with van der Waals surface area (Å²) in [5, 5.41) is 6.39. The molecule has 0 aromatic rings. The molecule has 1 aliphatic rings. The fraction of sp³-hybridized carbons (Fsp3) is 0.500. The van der Waals surface area contributed by atoms with Crippen LogP contribution in [0.5, 0.6) is 0 Å². The van der Waals surface area contributed by atoms with E-state index in [1.165, 1.54) is 6.92 Å². The van der Waals surface area contributed by atoms with E-state index in [0.717, 1.165) is 0 Å². The summed E-state index contributed by atoms with van der Waals surface area (Å²) in [6.45, 7) is 2.45. The zero-order chi connectivity index (χ0) is 13.4. The van der Waals surface area contributed by atoms with Gasteiger partial charge < -0.3 is 20.1 Å². The van der Waals surface area contributed by atoms with Crippen molar-refractivity contribution in [3.63, 3.8) is 0 Å². The molecule has 1 aliphatic heterocycles. The second kappa shape index (κ2) is 7.69. The molecule has 0 saturated carbocycles. The third kappa shape index (κ3) is 5.66. The number of hydrogen-bond donors (Lipinski definition) is 2. The van der Waals surface area contributed by atoms with Gasteiger partial charge in [0.15, 0.2) is 5.11 Å². The summed E-state index contributed by atoms with van der Waals surface area (Å²) in [6, 6.07) is -0.00338. The van der Waals surface area contributed by atoms with Crippen molar-refractivity contribution >= 4 is 23.3 Å². The number of hydrogen-bond acceptors (Lipinski definition) is 4. The second-order valence-electron chi connectivity index (χ2n) is 3.70. The molecule has 2 atom stereocenters. The minimum Gasteiger partial charge on any atom is -0.463 e. The van der Waals surface area contributed by atoms with Gasteiger partial charge in [0.05, 0.1) is 19.2 Å². The van der Waals surface area contributed by atoms with Crippen LogP contribution in [-0.4, -0.2) is 43.0 Å².